The van der Waals surface area contributed by atoms with Crippen LogP contribution in [0.4, 0.5) is 4.39 Å². The molecule has 1 saturated heterocycles. The van der Waals surface area contributed by atoms with E-state index >= 15 is 0 Å². The first kappa shape index (κ1) is 29.6. The molecule has 39 heavy (non-hydrogen) atoms. The van der Waals surface area contributed by atoms with Gasteiger partial charge in [-0.05, 0) is 116 Å². The molecule has 0 bridgehead atoms. The van der Waals surface area contributed by atoms with Crippen LogP contribution < -0.4 is 4.74 Å². The van der Waals surface area contributed by atoms with E-state index in [1.54, 1.807) is 6.07 Å². The van der Waals surface area contributed by atoms with Gasteiger partial charge in [0.15, 0.2) is 0 Å². The number of carboxylic acid groups (broad SMARTS) is 1. The summed E-state index contributed by atoms with van der Waals surface area (Å²) in [5.41, 5.74) is 7.09. The number of hydrogen-bond donors (Lipinski definition) is 1. The number of fused-ring (bicyclic) bond motifs is 1. The summed E-state index contributed by atoms with van der Waals surface area (Å²) in [6.07, 6.45) is 9.56. The molecule has 2 aromatic rings. The first-order valence-electron chi connectivity index (χ1n) is 14.5. The van der Waals surface area contributed by atoms with Gasteiger partial charge >= 0.3 is 5.97 Å². The van der Waals surface area contributed by atoms with Crippen molar-refractivity contribution in [2.24, 2.45) is 11.3 Å². The smallest absolute Gasteiger partial charge is 0.335 e. The minimum atomic E-state index is -0.871. The van der Waals surface area contributed by atoms with Gasteiger partial charge in [0.1, 0.15) is 11.9 Å². The van der Waals surface area contributed by atoms with E-state index in [9.17, 15) is 14.3 Å². The summed E-state index contributed by atoms with van der Waals surface area (Å²) in [5, 5.41) is 9.63. The molecule has 0 radical (unpaired) electrons. The molecular formula is C33H43ClFNO3. The van der Waals surface area contributed by atoms with Crippen molar-refractivity contribution in [1.82, 2.24) is 4.90 Å². The predicted octanol–water partition coefficient (Wildman–Crippen LogP) is 7.97. The van der Waals surface area contributed by atoms with Crippen molar-refractivity contribution in [3.63, 3.8) is 0 Å². The van der Waals surface area contributed by atoms with Crippen LogP contribution in [0, 0.1) is 11.3 Å². The highest BCUT2D eigenvalue weighted by Crippen LogP contribution is 2.47. The molecule has 1 saturated carbocycles. The number of halogens is 2. The highest BCUT2D eigenvalue weighted by Gasteiger charge is 2.32. The lowest BCUT2D eigenvalue weighted by molar-refractivity contribution is 0.0696. The molecule has 1 aliphatic heterocycles. The Balaban J connectivity index is 0.00000353. The standard InChI is InChI=1S/C33H42FNO3.ClH/c1-33(2)15-12-23(13-16-33)29-9-4-6-24-20-26(32(36)37)10-11-30(24)31(29)25-7-3-8-27(21-25)38-28-14-19-35(22-28)18-5-17-34;/h3,7-8,10-11,20-21,23,28H,4-6,9,12-19,22H2,1-2H3,(H,36,37);1H/t28-;/m1./s1. The fourth-order valence-electron chi connectivity index (χ4n) is 6.74. The van der Waals surface area contributed by atoms with Crippen molar-refractivity contribution >= 4 is 23.9 Å². The largest absolute Gasteiger partial charge is 0.489 e. The predicted molar refractivity (Wildman–Crippen MR) is 158 cm³/mol. The molecule has 2 fully saturated rings. The van der Waals surface area contributed by atoms with Crippen LogP contribution in [-0.2, 0) is 6.42 Å². The summed E-state index contributed by atoms with van der Waals surface area (Å²) in [7, 11) is 0. The van der Waals surface area contributed by atoms with E-state index in [2.05, 4.69) is 36.9 Å². The second-order valence-electron chi connectivity index (χ2n) is 12.3. The lowest BCUT2D eigenvalue weighted by Crippen LogP contribution is -2.26. The zero-order valence-electron chi connectivity index (χ0n) is 23.4. The second kappa shape index (κ2) is 12.9. The van der Waals surface area contributed by atoms with Crippen molar-refractivity contribution in [3.05, 3.63) is 70.3 Å². The summed E-state index contributed by atoms with van der Waals surface area (Å²) in [6.45, 7) is 7.09. The Bertz CT molecular complexity index is 1180. The zero-order chi connectivity index (χ0) is 26.7. The lowest BCUT2D eigenvalue weighted by atomic mass is 9.69. The maximum absolute atomic E-state index is 12.6. The molecule has 2 aliphatic carbocycles. The van der Waals surface area contributed by atoms with E-state index in [4.69, 9.17) is 4.74 Å². The molecule has 5 rings (SSSR count). The van der Waals surface area contributed by atoms with Gasteiger partial charge in [-0.25, -0.2) is 4.79 Å². The van der Waals surface area contributed by atoms with Crippen LogP contribution in [0.1, 0.15) is 92.3 Å². The topological polar surface area (TPSA) is 49.8 Å². The SMILES string of the molecule is CC1(C)CCC(C2=C(c3cccc(O[C@@H]4CCN(CCCF)C4)c3)c3ccc(C(=O)O)cc3CCC2)CC1.Cl. The van der Waals surface area contributed by atoms with E-state index in [1.807, 2.05) is 18.2 Å². The Labute approximate surface area is 239 Å². The highest BCUT2D eigenvalue weighted by molar-refractivity contribution is 5.91. The summed E-state index contributed by atoms with van der Waals surface area (Å²) in [4.78, 5) is 14.0. The van der Waals surface area contributed by atoms with Crippen molar-refractivity contribution in [3.8, 4) is 5.75 Å². The van der Waals surface area contributed by atoms with Crippen LogP contribution in [0.3, 0.4) is 0 Å². The van der Waals surface area contributed by atoms with Crippen LogP contribution in [0.25, 0.3) is 5.57 Å². The average Bonchev–Trinajstić information content (AvgIpc) is 3.25. The maximum Gasteiger partial charge on any atom is 0.335 e. The maximum atomic E-state index is 12.6. The molecule has 1 heterocycles. The Morgan fingerprint density at radius 3 is 2.64 bits per heavy atom. The van der Waals surface area contributed by atoms with E-state index in [1.165, 1.54) is 48.0 Å². The van der Waals surface area contributed by atoms with E-state index < -0.39 is 5.97 Å². The minimum Gasteiger partial charge on any atom is -0.489 e. The quantitative estimate of drug-likeness (QED) is 0.359. The number of ether oxygens (including phenoxy) is 1. The van der Waals surface area contributed by atoms with Crippen molar-refractivity contribution in [2.75, 3.05) is 26.3 Å². The van der Waals surface area contributed by atoms with E-state index in [0.29, 0.717) is 23.3 Å². The molecule has 0 unspecified atom stereocenters. The molecule has 0 spiro atoms. The molecule has 0 amide bonds. The first-order chi connectivity index (χ1) is 18.3. The van der Waals surface area contributed by atoms with Gasteiger partial charge in [-0.15, -0.1) is 12.4 Å². The molecule has 2 aromatic carbocycles. The molecule has 212 valence electrons. The van der Waals surface area contributed by atoms with Gasteiger partial charge in [0.2, 0.25) is 0 Å². The van der Waals surface area contributed by atoms with Gasteiger partial charge in [0.05, 0.1) is 12.2 Å². The minimum absolute atomic E-state index is 0. The lowest BCUT2D eigenvalue weighted by Gasteiger charge is -2.36. The van der Waals surface area contributed by atoms with Gasteiger partial charge < -0.3 is 9.84 Å². The van der Waals surface area contributed by atoms with Gasteiger partial charge in [0.25, 0.3) is 0 Å². The number of nitrogens with zero attached hydrogens (tertiary/aromatic N) is 1. The number of allylic oxidation sites excluding steroid dienone is 1. The highest BCUT2D eigenvalue weighted by atomic mass is 35.5. The number of hydrogen-bond acceptors (Lipinski definition) is 3. The third-order valence-electron chi connectivity index (χ3n) is 8.93. The van der Waals surface area contributed by atoms with Crippen LogP contribution in [0.15, 0.2) is 48.0 Å². The molecular weight excluding hydrogens is 513 g/mol. The second-order valence-corrected chi connectivity index (χ2v) is 12.3. The number of carbonyl (C=O) groups is 1. The van der Waals surface area contributed by atoms with Crippen molar-refractivity contribution in [1.29, 1.82) is 0 Å². The number of aromatic carboxylic acids is 1. The van der Waals surface area contributed by atoms with Crippen LogP contribution in [-0.4, -0.2) is 48.4 Å². The van der Waals surface area contributed by atoms with Crippen LogP contribution in [0.5, 0.6) is 5.75 Å². The van der Waals surface area contributed by atoms with Crippen molar-refractivity contribution in [2.45, 2.75) is 77.7 Å². The Morgan fingerprint density at radius 1 is 1.10 bits per heavy atom. The Morgan fingerprint density at radius 2 is 1.90 bits per heavy atom. The Hall–Kier alpha value is -2.37. The van der Waals surface area contributed by atoms with Gasteiger partial charge in [0, 0.05) is 19.6 Å². The fourth-order valence-corrected chi connectivity index (χ4v) is 6.74. The third kappa shape index (κ3) is 7.05. The van der Waals surface area contributed by atoms with Crippen LogP contribution >= 0.6 is 12.4 Å². The third-order valence-corrected chi connectivity index (χ3v) is 8.93. The Kier molecular flexibility index (Phi) is 9.77. The average molecular weight is 556 g/mol. The number of alkyl halides is 1. The number of likely N-dealkylation sites (tertiary alicyclic amines) is 1. The van der Waals surface area contributed by atoms with E-state index in [0.717, 1.165) is 56.6 Å². The van der Waals surface area contributed by atoms with Crippen LogP contribution in [0.2, 0.25) is 0 Å². The molecule has 6 heteroatoms. The fraction of sp³-hybridized carbons (Fsp3) is 0.545. The number of benzene rings is 2. The number of carboxylic acids is 1. The number of aryl methyl sites for hydroxylation is 1. The van der Waals surface area contributed by atoms with Gasteiger partial charge in [-0.3, -0.25) is 9.29 Å². The van der Waals surface area contributed by atoms with Gasteiger partial charge in [-0.2, -0.15) is 0 Å². The monoisotopic (exact) mass is 555 g/mol. The summed E-state index contributed by atoms with van der Waals surface area (Å²) < 4.78 is 19.1. The van der Waals surface area contributed by atoms with Gasteiger partial charge in [-0.1, -0.05) is 37.6 Å². The first-order valence-corrected chi connectivity index (χ1v) is 14.5. The summed E-state index contributed by atoms with van der Waals surface area (Å²) in [6, 6.07) is 14.2. The normalized spacial score (nSPS) is 21.7. The van der Waals surface area contributed by atoms with Crippen molar-refractivity contribution < 1.29 is 19.0 Å². The molecule has 3 aliphatic rings. The summed E-state index contributed by atoms with van der Waals surface area (Å²) >= 11 is 0. The molecule has 1 atom stereocenters. The molecule has 4 nitrogen and oxygen atoms in total. The summed E-state index contributed by atoms with van der Waals surface area (Å²) in [5.74, 6) is 0.570. The number of rotatable bonds is 8. The zero-order valence-corrected chi connectivity index (χ0v) is 24.2. The molecule has 1 N–H and O–H groups in total. The molecule has 0 aromatic heterocycles. The van der Waals surface area contributed by atoms with E-state index in [-0.39, 0.29) is 25.2 Å².